The molecule has 0 radical (unpaired) electrons. The van der Waals surface area contributed by atoms with Crippen LogP contribution in [0.1, 0.15) is 93.1 Å². The number of nitrogens with two attached hydrogens (primary N) is 1. The van der Waals surface area contributed by atoms with Crippen molar-refractivity contribution in [2.45, 2.75) is 118 Å². The van der Waals surface area contributed by atoms with E-state index in [1.807, 2.05) is 65.0 Å². The lowest BCUT2D eigenvalue weighted by Crippen LogP contribution is -2.62. The molecule has 2 fully saturated rings. The summed E-state index contributed by atoms with van der Waals surface area (Å²) in [6.45, 7) is 19.3. The lowest BCUT2D eigenvalue weighted by atomic mass is 9.74. The number of hydrogen-bond donors (Lipinski definition) is 4. The van der Waals surface area contributed by atoms with Crippen LogP contribution in [-0.4, -0.2) is 71.1 Å². The molecular formula is C38H57N5O7. The van der Waals surface area contributed by atoms with Crippen LogP contribution in [-0.2, 0) is 35.3 Å². The molecule has 12 nitrogen and oxygen atoms in total. The summed E-state index contributed by atoms with van der Waals surface area (Å²) in [4.78, 5) is 81.4. The van der Waals surface area contributed by atoms with Gasteiger partial charge < -0.3 is 31.3 Å². The minimum Gasteiger partial charge on any atom is -0.459 e. The Hall–Kier alpha value is -4.22. The Kier molecular flexibility index (Phi) is 13.0. The molecule has 1 saturated heterocycles. The first kappa shape index (κ1) is 40.2. The maximum absolute atomic E-state index is 14.5. The van der Waals surface area contributed by atoms with Gasteiger partial charge in [-0.25, -0.2) is 9.59 Å². The van der Waals surface area contributed by atoms with Gasteiger partial charge in [0.1, 0.15) is 24.7 Å². The van der Waals surface area contributed by atoms with E-state index in [2.05, 4.69) is 22.5 Å². The van der Waals surface area contributed by atoms with Crippen molar-refractivity contribution in [3.63, 3.8) is 0 Å². The van der Waals surface area contributed by atoms with Gasteiger partial charge in [-0.1, -0.05) is 105 Å². The number of benzene rings is 1. The van der Waals surface area contributed by atoms with Crippen LogP contribution in [0.5, 0.6) is 0 Å². The van der Waals surface area contributed by atoms with Crippen molar-refractivity contribution in [1.82, 2.24) is 20.9 Å². The number of carbonyl (C=O) groups excluding carboxylic acids is 6. The molecule has 1 aromatic carbocycles. The molecule has 12 heteroatoms. The number of nitrogens with one attached hydrogen (secondary N) is 3. The largest absolute Gasteiger partial charge is 0.459 e. The number of carbonyl (C=O) groups is 6. The van der Waals surface area contributed by atoms with Gasteiger partial charge in [0.2, 0.25) is 17.6 Å². The maximum atomic E-state index is 14.5. The van der Waals surface area contributed by atoms with E-state index < -0.39 is 70.5 Å². The van der Waals surface area contributed by atoms with Crippen LogP contribution in [0, 0.1) is 28.1 Å². The van der Waals surface area contributed by atoms with Crippen LogP contribution in [0.4, 0.5) is 4.79 Å². The fourth-order valence-corrected chi connectivity index (χ4v) is 6.42. The number of ketones is 1. The van der Waals surface area contributed by atoms with Gasteiger partial charge >= 0.3 is 12.0 Å². The van der Waals surface area contributed by atoms with Crippen LogP contribution in [0.25, 0.3) is 0 Å². The van der Waals surface area contributed by atoms with E-state index in [-0.39, 0.29) is 36.8 Å². The molecule has 2 aliphatic rings. The highest BCUT2D eigenvalue weighted by atomic mass is 16.5. The number of primary amides is 1. The molecule has 1 aromatic rings. The Morgan fingerprint density at radius 2 is 1.54 bits per heavy atom. The first-order valence-corrected chi connectivity index (χ1v) is 17.5. The second kappa shape index (κ2) is 16.2. The van der Waals surface area contributed by atoms with Crippen molar-refractivity contribution in [2.24, 2.45) is 33.8 Å². The predicted molar refractivity (Wildman–Crippen MR) is 190 cm³/mol. The summed E-state index contributed by atoms with van der Waals surface area (Å²) in [5, 5.41) is 8.29. The minimum atomic E-state index is -1.13. The number of urea groups is 1. The van der Waals surface area contributed by atoms with Crippen molar-refractivity contribution in [3.8, 4) is 0 Å². The molecular weight excluding hydrogens is 638 g/mol. The summed E-state index contributed by atoms with van der Waals surface area (Å²) in [5.41, 5.74) is 4.38. The number of esters is 1. The van der Waals surface area contributed by atoms with Gasteiger partial charge in [0.15, 0.2) is 0 Å². The zero-order valence-corrected chi connectivity index (χ0v) is 31.0. The number of allylic oxidation sites excluding steroid dienone is 1. The van der Waals surface area contributed by atoms with Crippen molar-refractivity contribution in [3.05, 3.63) is 48.6 Å². The van der Waals surface area contributed by atoms with Gasteiger partial charge in [-0.2, -0.15) is 0 Å². The Morgan fingerprint density at radius 3 is 2.06 bits per heavy atom. The van der Waals surface area contributed by atoms with Crippen molar-refractivity contribution in [1.29, 1.82) is 0 Å². The van der Waals surface area contributed by atoms with Gasteiger partial charge in [0, 0.05) is 6.54 Å². The SMILES string of the molecule is C=CC(C)(C)[C@H]1CCN(C(=O)[C@@H](NC(=O)N[C@@H](CC(C)(C)C)C(=O)OCc2ccccc2)C(C)(C)C)[C@@H]1C(=O)NC(CC1CC1)C(=O)C(N)=O. The third kappa shape index (κ3) is 11.1. The highest BCUT2D eigenvalue weighted by molar-refractivity contribution is 6.37. The molecule has 5 atom stereocenters. The molecule has 1 unspecified atom stereocenters. The molecule has 1 heterocycles. The third-order valence-corrected chi connectivity index (χ3v) is 9.59. The quantitative estimate of drug-likeness (QED) is 0.122. The molecule has 5 amide bonds. The maximum Gasteiger partial charge on any atom is 0.329 e. The zero-order valence-electron chi connectivity index (χ0n) is 31.0. The van der Waals surface area contributed by atoms with Crippen LogP contribution >= 0.6 is 0 Å². The average Bonchev–Trinajstić information content (AvgIpc) is 3.73. The van der Waals surface area contributed by atoms with E-state index in [0.29, 0.717) is 12.8 Å². The Bertz CT molecular complexity index is 1420. The number of rotatable bonds is 15. The van der Waals surface area contributed by atoms with Crippen LogP contribution in [0.3, 0.4) is 0 Å². The molecule has 5 N–H and O–H groups in total. The smallest absolute Gasteiger partial charge is 0.329 e. The van der Waals surface area contributed by atoms with E-state index >= 15 is 0 Å². The summed E-state index contributed by atoms with van der Waals surface area (Å²) < 4.78 is 5.56. The molecule has 0 aromatic heterocycles. The van der Waals surface area contributed by atoms with Gasteiger partial charge in [-0.3, -0.25) is 19.2 Å². The summed E-state index contributed by atoms with van der Waals surface area (Å²) in [6.07, 6.45) is 4.55. The normalized spacial score (nSPS) is 19.8. The number of Topliss-reactive ketones (excluding diaryl/α,β-unsaturated/α-hetero) is 1. The first-order valence-electron chi connectivity index (χ1n) is 17.5. The van der Waals surface area contributed by atoms with E-state index in [0.717, 1.165) is 18.4 Å². The fraction of sp³-hybridized carbons (Fsp3) is 0.632. The number of hydrogen-bond acceptors (Lipinski definition) is 7. The van der Waals surface area contributed by atoms with Gasteiger partial charge in [-0.05, 0) is 52.9 Å². The molecule has 1 aliphatic heterocycles. The van der Waals surface area contributed by atoms with Gasteiger partial charge in [-0.15, -0.1) is 6.58 Å². The summed E-state index contributed by atoms with van der Waals surface area (Å²) >= 11 is 0. The molecule has 1 saturated carbocycles. The van der Waals surface area contributed by atoms with Gasteiger partial charge in [0.05, 0.1) is 6.04 Å². The van der Waals surface area contributed by atoms with E-state index in [4.69, 9.17) is 10.5 Å². The predicted octanol–water partition coefficient (Wildman–Crippen LogP) is 4.02. The number of nitrogens with zero attached hydrogens (tertiary/aromatic N) is 1. The van der Waals surface area contributed by atoms with E-state index in [9.17, 15) is 28.8 Å². The van der Waals surface area contributed by atoms with Crippen LogP contribution < -0.4 is 21.7 Å². The average molecular weight is 696 g/mol. The number of amides is 5. The lowest BCUT2D eigenvalue weighted by molar-refractivity contribution is -0.148. The van der Waals surface area contributed by atoms with Crippen LogP contribution in [0.15, 0.2) is 43.0 Å². The molecule has 0 spiro atoms. The second-order valence-electron chi connectivity index (χ2n) is 16.7. The zero-order chi connectivity index (χ0) is 37.6. The fourth-order valence-electron chi connectivity index (χ4n) is 6.42. The third-order valence-electron chi connectivity index (χ3n) is 9.59. The molecule has 50 heavy (non-hydrogen) atoms. The van der Waals surface area contributed by atoms with E-state index in [1.165, 1.54) is 4.90 Å². The lowest BCUT2D eigenvalue weighted by Gasteiger charge is -2.39. The van der Waals surface area contributed by atoms with E-state index in [1.54, 1.807) is 26.8 Å². The number of likely N-dealkylation sites (tertiary alicyclic amines) is 1. The van der Waals surface area contributed by atoms with Crippen LogP contribution in [0.2, 0.25) is 0 Å². The Balaban J connectivity index is 1.86. The summed E-state index contributed by atoms with van der Waals surface area (Å²) in [7, 11) is 0. The topological polar surface area (TPSA) is 177 Å². The van der Waals surface area contributed by atoms with Crippen molar-refractivity contribution >= 4 is 35.5 Å². The van der Waals surface area contributed by atoms with Crippen molar-refractivity contribution < 1.29 is 33.5 Å². The van der Waals surface area contributed by atoms with Crippen molar-refractivity contribution in [2.75, 3.05) is 6.54 Å². The summed E-state index contributed by atoms with van der Waals surface area (Å²) in [6, 6.07) is 4.26. The standard InChI is InChI=1S/C38H57N5O7/c1-10-38(8,9)25-18-19-43(28(25)32(46)40-26(20-23-16-17-23)29(44)31(39)45)33(47)30(37(5,6)7)42-35(49)41-27(21-36(2,3)4)34(48)50-22-24-14-12-11-13-15-24/h10-15,23,25-28,30H,1,16-22H2,2-9H3,(H2,39,45)(H,40,46)(H2,41,42,49)/t25-,26?,27-,28-,30+/m0/s1. The van der Waals surface area contributed by atoms with Gasteiger partial charge in [0.25, 0.3) is 5.91 Å². The number of ether oxygens (including phenoxy) is 1. The Morgan fingerprint density at radius 1 is 0.920 bits per heavy atom. The highest BCUT2D eigenvalue weighted by Gasteiger charge is 2.51. The second-order valence-corrected chi connectivity index (χ2v) is 16.7. The monoisotopic (exact) mass is 695 g/mol. The molecule has 0 bridgehead atoms. The minimum absolute atomic E-state index is 0.0416. The Labute approximate surface area is 296 Å². The summed E-state index contributed by atoms with van der Waals surface area (Å²) in [5.74, 6) is -3.84. The first-order chi connectivity index (χ1) is 23.1. The molecule has 1 aliphatic carbocycles. The molecule has 3 rings (SSSR count). The molecule has 276 valence electrons. The highest BCUT2D eigenvalue weighted by Crippen LogP contribution is 2.41.